The maximum Gasteiger partial charge on any atom is 0.240 e. The zero-order valence-electron chi connectivity index (χ0n) is 10.0. The van der Waals surface area contributed by atoms with Gasteiger partial charge in [0.25, 0.3) is 0 Å². The fourth-order valence-electron chi connectivity index (χ4n) is 1.95. The normalized spacial score (nSPS) is 20.2. The average Bonchev–Trinajstić information content (AvgIpc) is 2.89. The van der Waals surface area contributed by atoms with Crippen LogP contribution in [0.25, 0.3) is 0 Å². The van der Waals surface area contributed by atoms with Gasteiger partial charge >= 0.3 is 0 Å². The molecule has 1 fully saturated rings. The van der Waals surface area contributed by atoms with Crippen molar-refractivity contribution in [2.75, 3.05) is 18.1 Å². The van der Waals surface area contributed by atoms with E-state index in [1.165, 1.54) is 6.07 Å². The van der Waals surface area contributed by atoms with Crippen LogP contribution < -0.4 is 4.72 Å². The Balaban J connectivity index is 2.09. The van der Waals surface area contributed by atoms with Crippen LogP contribution in [0.5, 0.6) is 0 Å². The molecular weight excluding hydrogens is 270 g/mol. The summed E-state index contributed by atoms with van der Waals surface area (Å²) in [6.45, 7) is 0.214. The van der Waals surface area contributed by atoms with Crippen molar-refractivity contribution >= 4 is 21.8 Å². The first-order valence-electron chi connectivity index (χ1n) is 5.89. The Bertz CT molecular complexity index is 496. The molecule has 2 rings (SSSR count). The van der Waals surface area contributed by atoms with Crippen LogP contribution in [0.2, 0.25) is 0 Å². The second kappa shape index (κ2) is 6.06. The molecule has 2 N–H and O–H groups in total. The van der Waals surface area contributed by atoms with E-state index in [1.54, 1.807) is 18.2 Å². The van der Waals surface area contributed by atoms with Crippen LogP contribution in [0.1, 0.15) is 12.0 Å². The van der Waals surface area contributed by atoms with Crippen LogP contribution in [-0.4, -0.2) is 31.6 Å². The lowest BCUT2D eigenvalue weighted by atomic mass is 10.1. The number of hydrogen-bond donors (Lipinski definition) is 2. The molecule has 1 atom stereocenters. The highest BCUT2D eigenvalue weighted by molar-refractivity contribution is 7.99. The van der Waals surface area contributed by atoms with Crippen LogP contribution in [0.4, 0.5) is 0 Å². The van der Waals surface area contributed by atoms with Gasteiger partial charge in [0.05, 0.1) is 11.5 Å². The van der Waals surface area contributed by atoms with Crippen LogP contribution >= 0.6 is 11.8 Å². The van der Waals surface area contributed by atoms with Gasteiger partial charge in [-0.15, -0.1) is 0 Å². The quantitative estimate of drug-likeness (QED) is 0.854. The fourth-order valence-corrected chi connectivity index (χ4v) is 4.58. The SMILES string of the molecule is O=S(=O)(NCC1CCSC1)c1ccccc1CO. The second-order valence-corrected chi connectivity index (χ2v) is 7.23. The molecule has 1 aliphatic heterocycles. The minimum atomic E-state index is -3.51. The molecule has 4 nitrogen and oxygen atoms in total. The molecule has 18 heavy (non-hydrogen) atoms. The molecule has 0 aliphatic carbocycles. The van der Waals surface area contributed by atoms with E-state index in [2.05, 4.69) is 4.72 Å². The molecule has 1 aromatic rings. The van der Waals surface area contributed by atoms with E-state index in [9.17, 15) is 8.42 Å². The minimum absolute atomic E-state index is 0.179. The zero-order valence-corrected chi connectivity index (χ0v) is 11.6. The smallest absolute Gasteiger partial charge is 0.240 e. The predicted molar refractivity (Wildman–Crippen MR) is 73.0 cm³/mol. The highest BCUT2D eigenvalue weighted by atomic mass is 32.2. The summed E-state index contributed by atoms with van der Waals surface area (Å²) in [6.07, 6.45) is 1.06. The molecule has 0 amide bonds. The molecule has 1 saturated heterocycles. The Morgan fingerprint density at radius 3 is 2.83 bits per heavy atom. The molecule has 1 unspecified atom stereocenters. The van der Waals surface area contributed by atoms with Gasteiger partial charge in [0, 0.05) is 6.54 Å². The predicted octanol–water partition coefficient (Wildman–Crippen LogP) is 1.21. The lowest BCUT2D eigenvalue weighted by Gasteiger charge is -2.12. The minimum Gasteiger partial charge on any atom is -0.392 e. The molecule has 100 valence electrons. The highest BCUT2D eigenvalue weighted by Crippen LogP contribution is 2.23. The monoisotopic (exact) mass is 287 g/mol. The molecule has 6 heteroatoms. The first-order valence-corrected chi connectivity index (χ1v) is 8.53. The largest absolute Gasteiger partial charge is 0.392 e. The molecule has 0 spiro atoms. The van der Waals surface area contributed by atoms with Gasteiger partial charge in [0.15, 0.2) is 0 Å². The number of sulfonamides is 1. The van der Waals surface area contributed by atoms with Crippen molar-refractivity contribution in [2.45, 2.75) is 17.9 Å². The third-order valence-corrected chi connectivity index (χ3v) is 5.77. The fraction of sp³-hybridized carbons (Fsp3) is 0.500. The van der Waals surface area contributed by atoms with Gasteiger partial charge in [-0.3, -0.25) is 0 Å². The van der Waals surface area contributed by atoms with Crippen molar-refractivity contribution in [3.8, 4) is 0 Å². The van der Waals surface area contributed by atoms with E-state index in [1.807, 2.05) is 11.8 Å². The lowest BCUT2D eigenvalue weighted by molar-refractivity contribution is 0.278. The summed E-state index contributed by atoms with van der Waals surface area (Å²) in [6, 6.07) is 6.54. The first kappa shape index (κ1) is 13.9. The van der Waals surface area contributed by atoms with Gasteiger partial charge in [-0.2, -0.15) is 11.8 Å². The van der Waals surface area contributed by atoms with E-state index < -0.39 is 10.0 Å². The van der Waals surface area contributed by atoms with E-state index >= 15 is 0 Å². The molecule has 0 saturated carbocycles. The van der Waals surface area contributed by atoms with Crippen molar-refractivity contribution in [1.29, 1.82) is 0 Å². The van der Waals surface area contributed by atoms with E-state index in [0.29, 0.717) is 18.0 Å². The van der Waals surface area contributed by atoms with Crippen molar-refractivity contribution in [3.63, 3.8) is 0 Å². The first-order chi connectivity index (χ1) is 8.63. The molecule has 0 aromatic heterocycles. The van der Waals surface area contributed by atoms with Crippen molar-refractivity contribution in [1.82, 2.24) is 4.72 Å². The van der Waals surface area contributed by atoms with Gasteiger partial charge < -0.3 is 5.11 Å². The summed E-state index contributed by atoms with van der Waals surface area (Å²) >= 11 is 1.86. The topological polar surface area (TPSA) is 66.4 Å². The van der Waals surface area contributed by atoms with Crippen molar-refractivity contribution < 1.29 is 13.5 Å². The maximum atomic E-state index is 12.1. The van der Waals surface area contributed by atoms with Gasteiger partial charge in [-0.25, -0.2) is 13.1 Å². The molecule has 1 aromatic carbocycles. The zero-order chi connectivity index (χ0) is 13.0. The van der Waals surface area contributed by atoms with Gasteiger partial charge in [-0.1, -0.05) is 18.2 Å². The maximum absolute atomic E-state index is 12.1. The van der Waals surface area contributed by atoms with Gasteiger partial charge in [0.2, 0.25) is 10.0 Å². The Labute approximate surface area is 112 Å². The number of nitrogens with one attached hydrogen (secondary N) is 1. The summed E-state index contributed by atoms with van der Waals surface area (Å²) in [5, 5.41) is 9.17. The van der Waals surface area contributed by atoms with Crippen molar-refractivity contribution in [3.05, 3.63) is 29.8 Å². The third-order valence-electron chi connectivity index (χ3n) is 3.02. The van der Waals surface area contributed by atoms with E-state index in [-0.39, 0.29) is 11.5 Å². The number of aliphatic hydroxyl groups excluding tert-OH is 1. The van der Waals surface area contributed by atoms with Gasteiger partial charge in [-0.05, 0) is 35.5 Å². The molecular formula is C12H17NO3S2. The number of benzene rings is 1. The van der Waals surface area contributed by atoms with E-state index in [4.69, 9.17) is 5.11 Å². The number of aliphatic hydroxyl groups is 1. The van der Waals surface area contributed by atoms with Crippen LogP contribution in [-0.2, 0) is 16.6 Å². The Morgan fingerprint density at radius 1 is 1.39 bits per heavy atom. The molecule has 1 aliphatic rings. The second-order valence-electron chi connectivity index (χ2n) is 4.35. The molecule has 0 bridgehead atoms. The van der Waals surface area contributed by atoms with Crippen LogP contribution in [0, 0.1) is 5.92 Å². The van der Waals surface area contributed by atoms with Crippen LogP contribution in [0.3, 0.4) is 0 Å². The number of hydrogen-bond acceptors (Lipinski definition) is 4. The van der Waals surface area contributed by atoms with Crippen LogP contribution in [0.15, 0.2) is 29.2 Å². The molecule has 0 radical (unpaired) electrons. The summed E-state index contributed by atoms with van der Waals surface area (Å²) < 4.78 is 26.9. The highest BCUT2D eigenvalue weighted by Gasteiger charge is 2.21. The Kier molecular flexibility index (Phi) is 4.66. The summed E-state index contributed by atoms with van der Waals surface area (Å²) in [4.78, 5) is 0.179. The lowest BCUT2D eigenvalue weighted by Crippen LogP contribution is -2.30. The molecule has 1 heterocycles. The third kappa shape index (κ3) is 3.26. The number of thioether (sulfide) groups is 1. The van der Waals surface area contributed by atoms with Gasteiger partial charge in [0.1, 0.15) is 0 Å². The number of rotatable bonds is 5. The van der Waals surface area contributed by atoms with Crippen molar-refractivity contribution in [2.24, 2.45) is 5.92 Å². The Hall–Kier alpha value is -0.560. The summed E-state index contributed by atoms with van der Waals surface area (Å²) in [7, 11) is -3.51. The Morgan fingerprint density at radius 2 is 2.17 bits per heavy atom. The summed E-state index contributed by atoms with van der Waals surface area (Å²) in [5.74, 6) is 2.55. The standard InChI is InChI=1S/C12H17NO3S2/c14-8-11-3-1-2-4-12(11)18(15,16)13-7-10-5-6-17-9-10/h1-4,10,13-14H,5-9H2. The average molecular weight is 287 g/mol. The summed E-state index contributed by atoms with van der Waals surface area (Å²) in [5.41, 5.74) is 0.436. The van der Waals surface area contributed by atoms with E-state index in [0.717, 1.165) is 17.9 Å².